The van der Waals surface area contributed by atoms with E-state index >= 15 is 0 Å². The van der Waals surface area contributed by atoms with Gasteiger partial charge in [-0.1, -0.05) is 18.2 Å². The fourth-order valence-electron chi connectivity index (χ4n) is 2.34. The monoisotopic (exact) mass is 298 g/mol. The van der Waals surface area contributed by atoms with E-state index in [1.54, 1.807) is 18.4 Å². The van der Waals surface area contributed by atoms with Gasteiger partial charge in [0, 0.05) is 4.88 Å². The summed E-state index contributed by atoms with van der Waals surface area (Å²) in [6, 6.07) is 12.2. The van der Waals surface area contributed by atoms with Crippen LogP contribution in [0.3, 0.4) is 0 Å². The zero-order valence-corrected chi connectivity index (χ0v) is 13.2. The summed E-state index contributed by atoms with van der Waals surface area (Å²) in [7, 11) is 1.68. The first-order valence-corrected chi connectivity index (χ1v) is 7.67. The average Bonchev–Trinajstić information content (AvgIpc) is 2.85. The van der Waals surface area contributed by atoms with E-state index in [4.69, 9.17) is 10.5 Å². The molecule has 0 radical (unpaired) electrons. The van der Waals surface area contributed by atoms with Crippen molar-refractivity contribution in [3.63, 3.8) is 0 Å². The normalized spacial score (nSPS) is 12.6. The SMILES string of the molecule is COc1ccc2cc(C(N)c3nc(C)c(C)s3)ccc2c1. The van der Waals surface area contributed by atoms with Gasteiger partial charge in [-0.3, -0.25) is 0 Å². The number of hydrogen-bond acceptors (Lipinski definition) is 4. The maximum atomic E-state index is 6.37. The highest BCUT2D eigenvalue weighted by atomic mass is 32.1. The molecule has 2 aromatic carbocycles. The summed E-state index contributed by atoms with van der Waals surface area (Å²) in [5.74, 6) is 0.866. The molecule has 1 aromatic heterocycles. The average molecular weight is 298 g/mol. The third-order valence-corrected chi connectivity index (χ3v) is 4.90. The molecule has 4 heteroatoms. The third-order valence-electron chi connectivity index (χ3n) is 3.74. The van der Waals surface area contributed by atoms with E-state index in [9.17, 15) is 0 Å². The molecule has 3 nitrogen and oxygen atoms in total. The number of fused-ring (bicyclic) bond motifs is 1. The molecule has 3 rings (SSSR count). The predicted octanol–water partition coefficient (Wildman–Crippen LogP) is 3.97. The molecule has 0 fully saturated rings. The maximum absolute atomic E-state index is 6.37. The highest BCUT2D eigenvalue weighted by molar-refractivity contribution is 7.11. The minimum absolute atomic E-state index is 0.172. The Kier molecular flexibility index (Phi) is 3.66. The van der Waals surface area contributed by atoms with Gasteiger partial charge < -0.3 is 10.5 Å². The number of aryl methyl sites for hydroxylation is 2. The molecule has 0 aliphatic carbocycles. The summed E-state index contributed by atoms with van der Waals surface area (Å²) in [6.07, 6.45) is 0. The van der Waals surface area contributed by atoms with E-state index in [0.717, 1.165) is 32.8 Å². The van der Waals surface area contributed by atoms with Crippen molar-refractivity contribution in [2.24, 2.45) is 5.73 Å². The lowest BCUT2D eigenvalue weighted by Crippen LogP contribution is -2.11. The topological polar surface area (TPSA) is 48.1 Å². The summed E-state index contributed by atoms with van der Waals surface area (Å²) in [5, 5.41) is 3.28. The summed E-state index contributed by atoms with van der Waals surface area (Å²) in [6.45, 7) is 4.10. The number of methoxy groups -OCH3 is 1. The molecule has 1 unspecified atom stereocenters. The zero-order chi connectivity index (χ0) is 15.0. The number of hydrogen-bond donors (Lipinski definition) is 1. The molecule has 0 amide bonds. The first-order chi connectivity index (χ1) is 10.1. The van der Waals surface area contributed by atoms with Crippen LogP contribution in [0.25, 0.3) is 10.8 Å². The van der Waals surface area contributed by atoms with Gasteiger partial charge in [0.05, 0.1) is 18.8 Å². The van der Waals surface area contributed by atoms with Crippen molar-refractivity contribution >= 4 is 22.1 Å². The van der Waals surface area contributed by atoms with Gasteiger partial charge in [-0.25, -0.2) is 4.98 Å². The van der Waals surface area contributed by atoms with Crippen molar-refractivity contribution in [2.75, 3.05) is 7.11 Å². The fraction of sp³-hybridized carbons (Fsp3) is 0.235. The fourth-order valence-corrected chi connectivity index (χ4v) is 3.29. The highest BCUT2D eigenvalue weighted by Gasteiger charge is 2.14. The van der Waals surface area contributed by atoms with Crippen LogP contribution >= 0.6 is 11.3 Å². The largest absolute Gasteiger partial charge is 0.497 e. The Balaban J connectivity index is 2.00. The number of thiazole rings is 1. The van der Waals surface area contributed by atoms with Gasteiger partial charge in [0.25, 0.3) is 0 Å². The lowest BCUT2D eigenvalue weighted by Gasteiger charge is -2.10. The Bertz CT molecular complexity index is 775. The van der Waals surface area contributed by atoms with Crippen LogP contribution < -0.4 is 10.5 Å². The van der Waals surface area contributed by atoms with Gasteiger partial charge in [-0.05, 0) is 48.4 Å². The molecule has 0 aliphatic heterocycles. The van der Waals surface area contributed by atoms with Crippen molar-refractivity contribution in [1.82, 2.24) is 4.98 Å². The molecule has 0 saturated heterocycles. The van der Waals surface area contributed by atoms with Gasteiger partial charge in [0.1, 0.15) is 10.8 Å². The molecule has 0 spiro atoms. The Morgan fingerprint density at radius 2 is 1.81 bits per heavy atom. The van der Waals surface area contributed by atoms with Crippen LogP contribution in [-0.2, 0) is 0 Å². The molecule has 1 heterocycles. The quantitative estimate of drug-likeness (QED) is 0.796. The van der Waals surface area contributed by atoms with Crippen molar-refractivity contribution in [3.8, 4) is 5.75 Å². The number of rotatable bonds is 3. The third kappa shape index (κ3) is 2.64. The van der Waals surface area contributed by atoms with Crippen molar-refractivity contribution in [1.29, 1.82) is 0 Å². The van der Waals surface area contributed by atoms with Crippen molar-refractivity contribution in [2.45, 2.75) is 19.9 Å². The Morgan fingerprint density at radius 1 is 1.10 bits per heavy atom. The molecule has 0 aliphatic rings. The van der Waals surface area contributed by atoms with Crippen LogP contribution in [0.5, 0.6) is 5.75 Å². The van der Waals surface area contributed by atoms with Crippen LogP contribution in [-0.4, -0.2) is 12.1 Å². The molecule has 21 heavy (non-hydrogen) atoms. The first-order valence-electron chi connectivity index (χ1n) is 6.85. The predicted molar refractivity (Wildman–Crippen MR) is 88.1 cm³/mol. The Morgan fingerprint density at radius 3 is 2.48 bits per heavy atom. The molecule has 2 N–H and O–H groups in total. The highest BCUT2D eigenvalue weighted by Crippen LogP contribution is 2.29. The summed E-state index contributed by atoms with van der Waals surface area (Å²) >= 11 is 1.67. The second-order valence-corrected chi connectivity index (χ2v) is 6.38. The van der Waals surface area contributed by atoms with E-state index < -0.39 is 0 Å². The lowest BCUT2D eigenvalue weighted by atomic mass is 10.0. The number of benzene rings is 2. The van der Waals surface area contributed by atoms with Crippen molar-refractivity contribution < 1.29 is 4.74 Å². The van der Waals surface area contributed by atoms with E-state index in [1.807, 2.05) is 19.1 Å². The summed E-state index contributed by atoms with van der Waals surface area (Å²) < 4.78 is 5.25. The Labute approximate surface area is 128 Å². The van der Waals surface area contributed by atoms with Gasteiger partial charge in [-0.15, -0.1) is 11.3 Å². The molecule has 0 bridgehead atoms. The Hall–Kier alpha value is -1.91. The lowest BCUT2D eigenvalue weighted by molar-refractivity contribution is 0.415. The number of nitrogens with two attached hydrogens (primary N) is 1. The van der Waals surface area contributed by atoms with Crippen molar-refractivity contribution in [3.05, 3.63) is 57.5 Å². The van der Waals surface area contributed by atoms with Gasteiger partial charge >= 0.3 is 0 Å². The van der Waals surface area contributed by atoms with Crippen LogP contribution in [0, 0.1) is 13.8 Å². The van der Waals surface area contributed by atoms with Gasteiger partial charge in [-0.2, -0.15) is 0 Å². The second-order valence-electron chi connectivity index (χ2n) is 5.14. The molecule has 108 valence electrons. The van der Waals surface area contributed by atoms with E-state index in [2.05, 4.69) is 36.2 Å². The van der Waals surface area contributed by atoms with Crippen LogP contribution in [0.2, 0.25) is 0 Å². The van der Waals surface area contributed by atoms with Gasteiger partial charge in [0.2, 0.25) is 0 Å². The molecule has 0 saturated carbocycles. The first kappa shape index (κ1) is 14.0. The summed E-state index contributed by atoms with van der Waals surface area (Å²) in [5.41, 5.74) is 8.52. The van der Waals surface area contributed by atoms with Crippen LogP contribution in [0.1, 0.15) is 27.2 Å². The zero-order valence-electron chi connectivity index (χ0n) is 12.4. The molecule has 3 aromatic rings. The van der Waals surface area contributed by atoms with E-state index in [1.165, 1.54) is 4.88 Å². The molecule has 1 atom stereocenters. The smallest absolute Gasteiger partial charge is 0.119 e. The van der Waals surface area contributed by atoms with Crippen LogP contribution in [0.15, 0.2) is 36.4 Å². The maximum Gasteiger partial charge on any atom is 0.119 e. The molecular weight excluding hydrogens is 280 g/mol. The van der Waals surface area contributed by atoms with Gasteiger partial charge in [0.15, 0.2) is 0 Å². The number of nitrogens with zero attached hydrogens (tertiary/aromatic N) is 1. The van der Waals surface area contributed by atoms with E-state index in [0.29, 0.717) is 0 Å². The summed E-state index contributed by atoms with van der Waals surface area (Å²) in [4.78, 5) is 5.80. The number of aromatic nitrogens is 1. The minimum Gasteiger partial charge on any atom is -0.497 e. The number of ether oxygens (including phenoxy) is 1. The van der Waals surface area contributed by atoms with Crippen LogP contribution in [0.4, 0.5) is 0 Å². The minimum atomic E-state index is -0.172. The molecular formula is C17H18N2OS. The standard InChI is InChI=1S/C17H18N2OS/c1-10-11(2)21-17(19-10)16(18)14-5-4-13-9-15(20-3)7-6-12(13)8-14/h4-9,16H,18H2,1-3H3. The second kappa shape index (κ2) is 5.47. The van der Waals surface area contributed by atoms with E-state index in [-0.39, 0.29) is 6.04 Å².